The molecule has 9 heteroatoms. The highest BCUT2D eigenvalue weighted by Crippen LogP contribution is 2.62. The van der Waals surface area contributed by atoms with Gasteiger partial charge in [-0.15, -0.1) is 0 Å². The Hall–Kier alpha value is -2.45. The van der Waals surface area contributed by atoms with Crippen LogP contribution in [0.1, 0.15) is 160 Å². The molecule has 0 aliphatic heterocycles. The van der Waals surface area contributed by atoms with E-state index < -0.39 is 23.4 Å². The Balaban J connectivity index is 1.34. The maximum Gasteiger partial charge on any atom is 0.410 e. The topological polar surface area (TPSA) is 106 Å². The minimum Gasteiger partial charge on any atom is -0.446 e. The molecule has 0 aromatic carbocycles. The smallest absolute Gasteiger partial charge is 0.410 e. The zero-order chi connectivity index (χ0) is 39.8. The maximum atomic E-state index is 13.8. The molecule has 4 rings (SSSR count). The molecule has 0 radical (unpaired) electrons. The first kappa shape index (κ1) is 44.3. The summed E-state index contributed by atoms with van der Waals surface area (Å²) in [7, 11) is 0. The summed E-state index contributed by atoms with van der Waals surface area (Å²) in [6.07, 6.45) is 15.9. The van der Waals surface area contributed by atoms with E-state index in [1.165, 1.54) is 56.9 Å². The molecule has 9 nitrogen and oxygen atoms in total. The van der Waals surface area contributed by atoms with Gasteiger partial charge < -0.3 is 29.7 Å². The molecular weight excluding hydrogens is 679 g/mol. The van der Waals surface area contributed by atoms with Gasteiger partial charge in [0.2, 0.25) is 0 Å². The molecule has 2 N–H and O–H groups in total. The summed E-state index contributed by atoms with van der Waals surface area (Å²) in [5.74, 6) is 6.48. The third-order valence-corrected chi connectivity index (χ3v) is 12.9. The summed E-state index contributed by atoms with van der Waals surface area (Å²) in [6, 6.07) is 0. The molecule has 4 aliphatic rings. The van der Waals surface area contributed by atoms with Gasteiger partial charge in [0.15, 0.2) is 0 Å². The van der Waals surface area contributed by atoms with Crippen LogP contribution in [0.15, 0.2) is 11.6 Å². The number of nitrogens with one attached hydrogen (secondary N) is 2. The fourth-order valence-corrected chi connectivity index (χ4v) is 10.9. The lowest BCUT2D eigenvalue weighted by molar-refractivity contribution is -0.0371. The summed E-state index contributed by atoms with van der Waals surface area (Å²) in [5.41, 5.74) is 0.467. The standard InChI is InChI=1S/C45H79N3O6/c1-30(2)16-14-17-31(3)34-20-21-36-35(34)22-23-38-37(36)19-18-32-28-33(29-45(10,11)39(32)38)52-42(51)48(27-15-25-47-41(50)54-44(7,8)9)26-13-12-24-46-40(49)53-43(4,5)6/h18,30-31,33-39H,12-17,19-29H2,1-11H3,(H,46,49)(H,47,50)/t31-,33?,34?,35?,36?,37?,38?,39?/m1/s1. The number of allylic oxidation sites excluding steroid dienone is 1. The van der Waals surface area contributed by atoms with Crippen molar-refractivity contribution >= 4 is 18.3 Å². The number of ether oxygens (including phenoxy) is 3. The van der Waals surface area contributed by atoms with Crippen molar-refractivity contribution in [3.05, 3.63) is 11.6 Å². The van der Waals surface area contributed by atoms with Crippen molar-refractivity contribution < 1.29 is 28.6 Å². The van der Waals surface area contributed by atoms with Gasteiger partial charge >= 0.3 is 18.3 Å². The van der Waals surface area contributed by atoms with Gasteiger partial charge in [0, 0.05) is 32.6 Å². The second-order valence-electron chi connectivity index (χ2n) is 20.6. The molecule has 7 unspecified atom stereocenters. The Labute approximate surface area is 329 Å². The second kappa shape index (κ2) is 19.1. The van der Waals surface area contributed by atoms with Crippen LogP contribution in [0.5, 0.6) is 0 Å². The monoisotopic (exact) mass is 758 g/mol. The fraction of sp³-hybridized carbons (Fsp3) is 0.889. The third-order valence-electron chi connectivity index (χ3n) is 12.9. The van der Waals surface area contributed by atoms with Gasteiger partial charge in [-0.1, -0.05) is 65.5 Å². The van der Waals surface area contributed by atoms with Gasteiger partial charge in [0.25, 0.3) is 0 Å². The number of hydrogen-bond acceptors (Lipinski definition) is 6. The van der Waals surface area contributed by atoms with Crippen molar-refractivity contribution in [3.8, 4) is 0 Å². The Bertz CT molecular complexity index is 1260. The van der Waals surface area contributed by atoms with Crippen LogP contribution in [0.3, 0.4) is 0 Å². The summed E-state index contributed by atoms with van der Waals surface area (Å²) < 4.78 is 17.1. The van der Waals surface area contributed by atoms with Crippen LogP contribution in [-0.4, -0.2) is 66.7 Å². The van der Waals surface area contributed by atoms with Crippen molar-refractivity contribution in [2.75, 3.05) is 26.2 Å². The van der Waals surface area contributed by atoms with Gasteiger partial charge in [-0.25, -0.2) is 14.4 Å². The van der Waals surface area contributed by atoms with Crippen molar-refractivity contribution in [2.24, 2.45) is 52.8 Å². The number of carbonyl (C=O) groups excluding carboxylic acids is 3. The summed E-state index contributed by atoms with van der Waals surface area (Å²) in [5, 5.41) is 5.62. The Morgan fingerprint density at radius 1 is 0.778 bits per heavy atom. The highest BCUT2D eigenvalue weighted by molar-refractivity contribution is 5.68. The predicted molar refractivity (Wildman–Crippen MR) is 217 cm³/mol. The van der Waals surface area contributed by atoms with E-state index in [1.807, 2.05) is 41.5 Å². The molecule has 310 valence electrons. The highest BCUT2D eigenvalue weighted by Gasteiger charge is 2.54. The fourth-order valence-electron chi connectivity index (χ4n) is 10.9. The third kappa shape index (κ3) is 13.1. The number of nitrogens with zero attached hydrogens (tertiary/aromatic N) is 1. The number of carbonyl (C=O) groups is 3. The highest BCUT2D eigenvalue weighted by atomic mass is 16.6. The lowest BCUT2D eigenvalue weighted by Crippen LogP contribution is -2.49. The molecule has 3 amide bonds. The molecule has 54 heavy (non-hydrogen) atoms. The predicted octanol–water partition coefficient (Wildman–Crippen LogP) is 10.9. The zero-order valence-corrected chi connectivity index (χ0v) is 36.2. The number of unbranched alkanes of at least 4 members (excludes halogenated alkanes) is 1. The van der Waals surface area contributed by atoms with E-state index >= 15 is 0 Å². The van der Waals surface area contributed by atoms with Crippen molar-refractivity contribution in [1.82, 2.24) is 15.5 Å². The van der Waals surface area contributed by atoms with Crippen LogP contribution in [0.25, 0.3) is 0 Å². The van der Waals surface area contributed by atoms with Gasteiger partial charge in [0.1, 0.15) is 17.3 Å². The van der Waals surface area contributed by atoms with E-state index in [0.717, 1.165) is 54.3 Å². The molecule has 0 spiro atoms. The first-order valence-electron chi connectivity index (χ1n) is 21.8. The van der Waals surface area contributed by atoms with E-state index in [1.54, 1.807) is 4.90 Å². The van der Waals surface area contributed by atoms with Crippen molar-refractivity contribution in [2.45, 2.75) is 177 Å². The minimum absolute atomic E-state index is 0.0584. The molecule has 0 aromatic heterocycles. The SMILES string of the molecule is CC(C)CCC[C@@H](C)C1CCC2C3CC=C4CC(OC(=O)N(CCCCNC(=O)OC(C)(C)C)CCCNC(=O)OC(C)(C)C)CC(C)(C)C4C3CCC21. The normalized spacial score (nSPS) is 28.1. The lowest BCUT2D eigenvalue weighted by Gasteiger charge is -2.55. The summed E-state index contributed by atoms with van der Waals surface area (Å²) in [6.45, 7) is 25.0. The average Bonchev–Trinajstić information content (AvgIpc) is 3.47. The number of alkyl carbamates (subject to hydrolysis) is 2. The molecule has 0 bridgehead atoms. The first-order valence-corrected chi connectivity index (χ1v) is 21.8. The molecule has 8 atom stereocenters. The number of amides is 3. The van der Waals surface area contributed by atoms with Crippen LogP contribution in [0.2, 0.25) is 0 Å². The molecule has 3 fully saturated rings. The van der Waals surface area contributed by atoms with Gasteiger partial charge in [-0.3, -0.25) is 0 Å². The van der Waals surface area contributed by atoms with Gasteiger partial charge in [0.05, 0.1) is 0 Å². The Morgan fingerprint density at radius 2 is 1.37 bits per heavy atom. The van der Waals surface area contributed by atoms with Crippen molar-refractivity contribution in [1.29, 1.82) is 0 Å². The van der Waals surface area contributed by atoms with E-state index in [-0.39, 0.29) is 17.6 Å². The lowest BCUT2D eigenvalue weighted by atomic mass is 9.50. The van der Waals surface area contributed by atoms with E-state index in [9.17, 15) is 14.4 Å². The van der Waals surface area contributed by atoms with Crippen LogP contribution < -0.4 is 10.6 Å². The van der Waals surface area contributed by atoms with E-state index in [0.29, 0.717) is 51.4 Å². The van der Waals surface area contributed by atoms with Crippen LogP contribution in [0.4, 0.5) is 14.4 Å². The summed E-state index contributed by atoms with van der Waals surface area (Å²) >= 11 is 0. The quantitative estimate of drug-likeness (QED) is 0.0979. The van der Waals surface area contributed by atoms with Gasteiger partial charge in [-0.05, 0) is 152 Å². The molecule has 0 aromatic rings. The molecule has 4 aliphatic carbocycles. The first-order chi connectivity index (χ1) is 25.2. The minimum atomic E-state index is -0.570. The van der Waals surface area contributed by atoms with Crippen molar-refractivity contribution in [3.63, 3.8) is 0 Å². The zero-order valence-electron chi connectivity index (χ0n) is 36.2. The molecule has 0 heterocycles. The molecule has 3 saturated carbocycles. The molecular formula is C45H79N3O6. The van der Waals surface area contributed by atoms with Crippen LogP contribution >= 0.6 is 0 Å². The largest absolute Gasteiger partial charge is 0.446 e. The van der Waals surface area contributed by atoms with Crippen LogP contribution in [0, 0.1) is 52.8 Å². The van der Waals surface area contributed by atoms with E-state index in [4.69, 9.17) is 14.2 Å². The summed E-state index contributed by atoms with van der Waals surface area (Å²) in [4.78, 5) is 39.9. The number of hydrogen-bond donors (Lipinski definition) is 2. The maximum absolute atomic E-state index is 13.8. The van der Waals surface area contributed by atoms with E-state index in [2.05, 4.69) is 51.3 Å². The second-order valence-corrected chi connectivity index (χ2v) is 20.6. The van der Waals surface area contributed by atoms with Crippen LogP contribution in [-0.2, 0) is 14.2 Å². The Morgan fingerprint density at radius 3 is 2.00 bits per heavy atom. The molecule has 0 saturated heterocycles. The van der Waals surface area contributed by atoms with Gasteiger partial charge in [-0.2, -0.15) is 0 Å². The number of fused-ring (bicyclic) bond motifs is 5. The average molecular weight is 758 g/mol. The number of rotatable bonds is 15. The Kier molecular flexibility index (Phi) is 15.7.